The molecule has 5 heteroatoms. The molecule has 1 aromatic rings. The summed E-state index contributed by atoms with van der Waals surface area (Å²) in [6, 6.07) is 4.48. The number of aromatic hydroxyl groups is 1. The molecule has 17 heavy (non-hydrogen) atoms. The first-order valence-corrected chi connectivity index (χ1v) is 5.45. The molecule has 5 nitrogen and oxygen atoms in total. The molecule has 1 aliphatic heterocycles. The van der Waals surface area contributed by atoms with Gasteiger partial charge < -0.3 is 19.3 Å². The van der Waals surface area contributed by atoms with Gasteiger partial charge in [0.05, 0.1) is 13.2 Å². The summed E-state index contributed by atoms with van der Waals surface area (Å²) in [6.45, 7) is 3.13. The Morgan fingerprint density at radius 1 is 1.59 bits per heavy atom. The molecule has 1 heterocycles. The molecular weight excluding hydrogens is 224 g/mol. The molecule has 0 radical (unpaired) electrons. The van der Waals surface area contributed by atoms with E-state index in [2.05, 4.69) is 0 Å². The molecule has 1 aliphatic rings. The number of benzene rings is 1. The Bertz CT molecular complexity index is 411. The molecule has 1 aromatic carbocycles. The Balaban J connectivity index is 2.07. The molecule has 1 atom stereocenters. The van der Waals surface area contributed by atoms with Crippen molar-refractivity contribution in [2.75, 3.05) is 19.8 Å². The fourth-order valence-electron chi connectivity index (χ4n) is 1.33. The molecule has 1 saturated heterocycles. The maximum absolute atomic E-state index is 11.5. The van der Waals surface area contributed by atoms with Crippen molar-refractivity contribution in [1.82, 2.24) is 0 Å². The minimum atomic E-state index is -0.557. The van der Waals surface area contributed by atoms with Crippen LogP contribution in [0.1, 0.15) is 17.3 Å². The summed E-state index contributed by atoms with van der Waals surface area (Å²) in [7, 11) is 0. The minimum Gasteiger partial charge on any atom is -0.507 e. The van der Waals surface area contributed by atoms with Crippen LogP contribution < -0.4 is 4.74 Å². The summed E-state index contributed by atoms with van der Waals surface area (Å²) in [5.41, 5.74) is 0.112. The first kappa shape index (κ1) is 11.7. The van der Waals surface area contributed by atoms with Crippen LogP contribution in [0.15, 0.2) is 18.2 Å². The van der Waals surface area contributed by atoms with Gasteiger partial charge >= 0.3 is 5.97 Å². The van der Waals surface area contributed by atoms with Gasteiger partial charge in [0, 0.05) is 0 Å². The fraction of sp³-hybridized carbons (Fsp3) is 0.417. The van der Waals surface area contributed by atoms with Crippen LogP contribution in [0.5, 0.6) is 11.5 Å². The molecule has 0 bridgehead atoms. The maximum atomic E-state index is 11.5. The topological polar surface area (TPSA) is 68.3 Å². The standard InChI is InChI=1S/C12H14O5/c1-2-15-12(14)10-5-8(3-4-11(10)13)16-6-9-7-17-9/h3-5,9,13H,2,6-7H2,1H3. The fourth-order valence-corrected chi connectivity index (χ4v) is 1.33. The van der Waals surface area contributed by atoms with Gasteiger partial charge in [0.1, 0.15) is 29.8 Å². The summed E-state index contributed by atoms with van der Waals surface area (Å²) in [5.74, 6) is -0.155. The highest BCUT2D eigenvalue weighted by atomic mass is 16.6. The number of esters is 1. The zero-order chi connectivity index (χ0) is 12.3. The molecule has 2 rings (SSSR count). The maximum Gasteiger partial charge on any atom is 0.342 e. The lowest BCUT2D eigenvalue weighted by molar-refractivity contribution is 0.0522. The quantitative estimate of drug-likeness (QED) is 0.619. The predicted octanol–water partition coefficient (Wildman–Crippen LogP) is 1.35. The second kappa shape index (κ2) is 5.05. The number of epoxide rings is 1. The average molecular weight is 238 g/mol. The van der Waals surface area contributed by atoms with Crippen LogP contribution in [-0.2, 0) is 9.47 Å². The summed E-state index contributed by atoms with van der Waals surface area (Å²) < 4.78 is 15.2. The van der Waals surface area contributed by atoms with E-state index in [1.165, 1.54) is 12.1 Å². The third-order valence-electron chi connectivity index (χ3n) is 2.30. The van der Waals surface area contributed by atoms with E-state index < -0.39 is 5.97 Å². The number of carbonyl (C=O) groups is 1. The van der Waals surface area contributed by atoms with Gasteiger partial charge in [0.25, 0.3) is 0 Å². The summed E-state index contributed by atoms with van der Waals surface area (Å²) >= 11 is 0. The van der Waals surface area contributed by atoms with Gasteiger partial charge in [-0.05, 0) is 25.1 Å². The van der Waals surface area contributed by atoms with Gasteiger partial charge in [-0.25, -0.2) is 4.79 Å². The molecule has 1 fully saturated rings. The molecule has 0 aromatic heterocycles. The van der Waals surface area contributed by atoms with Gasteiger partial charge in [-0.2, -0.15) is 0 Å². The average Bonchev–Trinajstić information content (AvgIpc) is 3.12. The lowest BCUT2D eigenvalue weighted by atomic mass is 10.2. The molecule has 1 unspecified atom stereocenters. The van der Waals surface area contributed by atoms with Crippen molar-refractivity contribution in [3.8, 4) is 11.5 Å². The van der Waals surface area contributed by atoms with Gasteiger partial charge in [-0.15, -0.1) is 0 Å². The van der Waals surface area contributed by atoms with E-state index in [4.69, 9.17) is 14.2 Å². The number of ether oxygens (including phenoxy) is 3. The van der Waals surface area contributed by atoms with Crippen LogP contribution in [0.2, 0.25) is 0 Å². The Hall–Kier alpha value is -1.75. The Morgan fingerprint density at radius 3 is 3.00 bits per heavy atom. The largest absolute Gasteiger partial charge is 0.507 e. The number of phenolic OH excluding ortho intramolecular Hbond substituents is 1. The zero-order valence-electron chi connectivity index (χ0n) is 9.51. The van der Waals surface area contributed by atoms with Crippen molar-refractivity contribution in [1.29, 1.82) is 0 Å². The highest BCUT2D eigenvalue weighted by Crippen LogP contribution is 2.24. The van der Waals surface area contributed by atoms with Crippen molar-refractivity contribution in [3.63, 3.8) is 0 Å². The number of hydrogen-bond acceptors (Lipinski definition) is 5. The summed E-state index contributed by atoms with van der Waals surface area (Å²) in [6.07, 6.45) is 0.148. The van der Waals surface area contributed by atoms with Crippen LogP contribution in [0, 0.1) is 0 Å². The van der Waals surface area contributed by atoms with Crippen molar-refractivity contribution in [2.45, 2.75) is 13.0 Å². The van der Waals surface area contributed by atoms with E-state index in [1.54, 1.807) is 13.0 Å². The van der Waals surface area contributed by atoms with E-state index in [9.17, 15) is 9.90 Å². The third kappa shape index (κ3) is 3.10. The number of phenols is 1. The van der Waals surface area contributed by atoms with Gasteiger partial charge in [-0.1, -0.05) is 0 Å². The van der Waals surface area contributed by atoms with Crippen LogP contribution in [-0.4, -0.2) is 37.0 Å². The van der Waals surface area contributed by atoms with Crippen LogP contribution in [0.25, 0.3) is 0 Å². The van der Waals surface area contributed by atoms with Gasteiger partial charge in [-0.3, -0.25) is 0 Å². The van der Waals surface area contributed by atoms with Crippen LogP contribution in [0.3, 0.4) is 0 Å². The van der Waals surface area contributed by atoms with E-state index >= 15 is 0 Å². The second-order valence-corrected chi connectivity index (χ2v) is 3.67. The van der Waals surface area contributed by atoms with Crippen molar-refractivity contribution in [2.24, 2.45) is 0 Å². The van der Waals surface area contributed by atoms with E-state index in [0.29, 0.717) is 19.0 Å². The Kier molecular flexibility index (Phi) is 3.49. The number of carbonyl (C=O) groups excluding carboxylic acids is 1. The van der Waals surface area contributed by atoms with Gasteiger partial charge in [0.2, 0.25) is 0 Å². The number of hydrogen-bond donors (Lipinski definition) is 1. The molecule has 1 N–H and O–H groups in total. The molecule has 92 valence electrons. The van der Waals surface area contributed by atoms with Gasteiger partial charge in [0.15, 0.2) is 0 Å². The zero-order valence-corrected chi connectivity index (χ0v) is 9.51. The first-order chi connectivity index (χ1) is 8.20. The summed E-state index contributed by atoms with van der Waals surface area (Å²) in [5, 5.41) is 9.54. The predicted molar refractivity (Wildman–Crippen MR) is 59.3 cm³/mol. The lowest BCUT2D eigenvalue weighted by Crippen LogP contribution is -2.07. The first-order valence-electron chi connectivity index (χ1n) is 5.45. The number of rotatable bonds is 5. The Labute approximate surface area is 98.9 Å². The molecule has 0 spiro atoms. The van der Waals surface area contributed by atoms with E-state index in [-0.39, 0.29) is 24.0 Å². The molecule has 0 saturated carbocycles. The molecule has 0 amide bonds. The highest BCUT2D eigenvalue weighted by Gasteiger charge is 2.23. The normalized spacial score (nSPS) is 17.6. The van der Waals surface area contributed by atoms with Crippen molar-refractivity contribution in [3.05, 3.63) is 23.8 Å². The van der Waals surface area contributed by atoms with Crippen molar-refractivity contribution >= 4 is 5.97 Å². The van der Waals surface area contributed by atoms with E-state index in [0.717, 1.165) is 0 Å². The minimum absolute atomic E-state index is 0.112. The smallest absolute Gasteiger partial charge is 0.342 e. The lowest BCUT2D eigenvalue weighted by Gasteiger charge is -2.08. The SMILES string of the molecule is CCOC(=O)c1cc(OCC2CO2)ccc1O. The summed E-state index contributed by atoms with van der Waals surface area (Å²) in [4.78, 5) is 11.5. The van der Waals surface area contributed by atoms with E-state index in [1.807, 2.05) is 0 Å². The van der Waals surface area contributed by atoms with Crippen molar-refractivity contribution < 1.29 is 24.1 Å². The molecular formula is C12H14O5. The van der Waals surface area contributed by atoms with Crippen LogP contribution >= 0.6 is 0 Å². The third-order valence-corrected chi connectivity index (χ3v) is 2.30. The monoisotopic (exact) mass is 238 g/mol. The highest BCUT2D eigenvalue weighted by molar-refractivity contribution is 5.92. The second-order valence-electron chi connectivity index (χ2n) is 3.67. The molecule has 0 aliphatic carbocycles. The Morgan fingerprint density at radius 2 is 2.35 bits per heavy atom. The van der Waals surface area contributed by atoms with Crippen LogP contribution in [0.4, 0.5) is 0 Å².